The van der Waals surface area contributed by atoms with Gasteiger partial charge in [-0.3, -0.25) is 0 Å². The summed E-state index contributed by atoms with van der Waals surface area (Å²) in [6, 6.07) is 17.5. The van der Waals surface area contributed by atoms with Crippen molar-refractivity contribution in [2.45, 2.75) is 88.1 Å². The maximum atomic E-state index is 13.8. The smallest absolute Gasteiger partial charge is 0.207 e. The average molecular weight is 605 g/mol. The molecule has 42 heavy (non-hydrogen) atoms. The third-order valence-corrected chi connectivity index (χ3v) is 14.4. The Morgan fingerprint density at radius 2 is 0.905 bits per heavy atom. The van der Waals surface area contributed by atoms with Crippen LogP contribution in [0.3, 0.4) is 0 Å². The number of hydrogen-bond acceptors (Lipinski definition) is 4. The Morgan fingerprint density at radius 1 is 0.571 bits per heavy atom. The van der Waals surface area contributed by atoms with Gasteiger partial charge in [-0.15, -0.1) is 0 Å². The average Bonchev–Trinajstić information content (AvgIpc) is 2.92. The van der Waals surface area contributed by atoms with Gasteiger partial charge in [0.25, 0.3) is 0 Å². The molecule has 0 heterocycles. The van der Waals surface area contributed by atoms with Crippen LogP contribution >= 0.6 is 0 Å². The van der Waals surface area contributed by atoms with E-state index in [-0.39, 0.29) is 32.5 Å². The van der Waals surface area contributed by atoms with E-state index in [4.69, 9.17) is 0 Å². The van der Waals surface area contributed by atoms with E-state index in [9.17, 15) is 16.8 Å². The summed E-state index contributed by atoms with van der Waals surface area (Å²) in [7, 11) is -7.64. The second-order valence-corrected chi connectivity index (χ2v) is 17.8. The third kappa shape index (κ3) is 3.94. The predicted octanol–water partition coefficient (Wildman–Crippen LogP) is 6.63. The first-order chi connectivity index (χ1) is 19.6. The summed E-state index contributed by atoms with van der Waals surface area (Å²) >= 11 is 0. The topological polar surface area (TPSA) is 92.3 Å². The molecule has 2 saturated carbocycles. The molecule has 0 unspecified atom stereocenters. The minimum atomic E-state index is -3.82. The largest absolute Gasteiger partial charge is 0.241 e. The molecule has 0 saturated heterocycles. The molecule has 8 heteroatoms. The van der Waals surface area contributed by atoms with Crippen molar-refractivity contribution in [1.82, 2.24) is 9.44 Å². The Hall–Kier alpha value is -2.52. The fraction of sp³-hybridized carbons (Fsp3) is 0.471. The second kappa shape index (κ2) is 9.00. The van der Waals surface area contributed by atoms with Gasteiger partial charge >= 0.3 is 0 Å². The summed E-state index contributed by atoms with van der Waals surface area (Å²) in [5, 5.41) is 0. The van der Waals surface area contributed by atoms with Gasteiger partial charge in [-0.25, -0.2) is 26.3 Å². The predicted molar refractivity (Wildman–Crippen MR) is 164 cm³/mol. The number of hydrogen-bond donors (Lipinski definition) is 2. The molecule has 0 aliphatic heterocycles. The van der Waals surface area contributed by atoms with Gasteiger partial charge in [0.15, 0.2) is 0 Å². The monoisotopic (exact) mass is 604 g/mol. The summed E-state index contributed by atoms with van der Waals surface area (Å²) in [5.41, 5.74) is 6.19. The van der Waals surface area contributed by atoms with Crippen molar-refractivity contribution in [1.29, 1.82) is 0 Å². The normalized spacial score (nSPS) is 30.0. The van der Waals surface area contributed by atoms with E-state index in [0.29, 0.717) is 11.8 Å². The molecule has 222 valence electrons. The van der Waals surface area contributed by atoms with Crippen molar-refractivity contribution < 1.29 is 16.8 Å². The Morgan fingerprint density at radius 3 is 1.21 bits per heavy atom. The third-order valence-electron chi connectivity index (χ3n) is 11.4. The van der Waals surface area contributed by atoms with E-state index in [1.54, 1.807) is 24.3 Å². The van der Waals surface area contributed by atoms with Crippen molar-refractivity contribution in [3.8, 4) is 0 Å². The second-order valence-electron chi connectivity index (χ2n) is 14.3. The molecule has 3 aromatic carbocycles. The number of nitrogens with one attached hydrogen (secondary N) is 2. The molecule has 4 bridgehead atoms. The molecule has 0 spiro atoms. The van der Waals surface area contributed by atoms with Gasteiger partial charge in [0.2, 0.25) is 20.0 Å². The maximum Gasteiger partial charge on any atom is 0.241 e. The summed E-state index contributed by atoms with van der Waals surface area (Å²) in [6.45, 7) is 12.8. The molecule has 2 fully saturated rings. The molecule has 2 N–H and O–H groups in total. The van der Waals surface area contributed by atoms with Crippen molar-refractivity contribution in [3.63, 3.8) is 0 Å². The lowest BCUT2D eigenvalue weighted by Crippen LogP contribution is -2.58. The molecule has 9 rings (SSSR count). The fourth-order valence-electron chi connectivity index (χ4n) is 8.67. The number of benzene rings is 3. The zero-order valence-electron chi connectivity index (χ0n) is 25.1. The quantitative estimate of drug-likeness (QED) is 0.330. The molecular weight excluding hydrogens is 565 g/mol. The molecule has 0 amide bonds. The van der Waals surface area contributed by atoms with Gasteiger partial charge in [-0.2, -0.15) is 0 Å². The molecule has 0 aromatic heterocycles. The lowest BCUT2D eigenvalue weighted by molar-refractivity contribution is -0.0213. The minimum Gasteiger partial charge on any atom is -0.207 e. The van der Waals surface area contributed by atoms with Crippen LogP contribution in [0.15, 0.2) is 70.5 Å². The number of sulfonamides is 2. The molecule has 0 radical (unpaired) electrons. The van der Waals surface area contributed by atoms with Crippen molar-refractivity contribution >= 4 is 20.0 Å². The van der Waals surface area contributed by atoms with Crippen LogP contribution in [0.25, 0.3) is 0 Å². The summed E-state index contributed by atoms with van der Waals surface area (Å²) < 4.78 is 61.7. The summed E-state index contributed by atoms with van der Waals surface area (Å²) in [5.74, 6) is 0.844. The van der Waals surface area contributed by atoms with E-state index in [1.807, 2.05) is 38.1 Å². The van der Waals surface area contributed by atoms with Crippen molar-refractivity contribution in [2.75, 3.05) is 0 Å². The SMILES string of the molecule is Cc1ccc(S(=O)(=O)N[C@@H]2c3c(ccc4c3[C@@H](NS(=O)(=O)c3ccc(C)cc3)[C@H]3C[C@H]4C3(C)C)[C@H]3C[C@H]2C3(C)C)cc1. The summed E-state index contributed by atoms with van der Waals surface area (Å²) in [4.78, 5) is 0.499. The van der Waals surface area contributed by atoms with Gasteiger partial charge in [-0.1, -0.05) is 75.2 Å². The zero-order chi connectivity index (χ0) is 30.0. The lowest BCUT2D eigenvalue weighted by atomic mass is 9.42. The first kappa shape index (κ1) is 28.3. The van der Waals surface area contributed by atoms with Crippen LogP contribution in [0.1, 0.15) is 97.8 Å². The Balaban J connectivity index is 1.38. The standard InChI is InChI=1S/C34H40N2O4S2/c1-19-7-11-21(12-8-19)41(37,38)35-31-27-17-25(33(27,3)4)23-15-16-24-26-18-28(34(26,5)6)32(30(24)29(23)31)36-42(39,40)22-13-9-20(2)10-14-22/h7-16,25-28,31-32,35-36H,17-18H2,1-6H3/t25-,26-,27-,28-,31+,32+/m1/s1. The summed E-state index contributed by atoms with van der Waals surface area (Å²) in [6.07, 6.45) is 1.83. The molecule has 3 aromatic rings. The Kier molecular flexibility index (Phi) is 6.06. The van der Waals surface area contributed by atoms with Gasteiger partial charge in [-0.05, 0) is 108 Å². The number of aryl methyl sites for hydroxylation is 2. The minimum absolute atomic E-state index is 0.0740. The lowest BCUT2D eigenvalue weighted by Gasteiger charge is -2.64. The van der Waals surface area contributed by atoms with Crippen LogP contribution in [0.5, 0.6) is 0 Å². The van der Waals surface area contributed by atoms with E-state index in [0.717, 1.165) is 46.2 Å². The Bertz CT molecular complexity index is 1680. The van der Waals surface area contributed by atoms with Crippen LogP contribution in [0.2, 0.25) is 0 Å². The van der Waals surface area contributed by atoms with E-state index >= 15 is 0 Å². The van der Waals surface area contributed by atoms with Crippen LogP contribution in [-0.2, 0) is 20.0 Å². The van der Waals surface area contributed by atoms with Gasteiger partial charge in [0.05, 0.1) is 21.9 Å². The van der Waals surface area contributed by atoms with Gasteiger partial charge in [0.1, 0.15) is 0 Å². The zero-order valence-corrected chi connectivity index (χ0v) is 26.7. The highest BCUT2D eigenvalue weighted by Crippen LogP contribution is 2.71. The molecule has 6 atom stereocenters. The van der Waals surface area contributed by atoms with Crippen LogP contribution in [-0.4, -0.2) is 16.8 Å². The van der Waals surface area contributed by atoms with E-state index in [2.05, 4.69) is 49.3 Å². The molecule has 6 aliphatic carbocycles. The highest BCUT2D eigenvalue weighted by molar-refractivity contribution is 7.89. The first-order valence-electron chi connectivity index (χ1n) is 15.0. The molecular formula is C34H40N2O4S2. The highest BCUT2D eigenvalue weighted by Gasteiger charge is 2.62. The van der Waals surface area contributed by atoms with E-state index < -0.39 is 32.1 Å². The number of rotatable bonds is 6. The maximum absolute atomic E-state index is 13.8. The van der Waals surface area contributed by atoms with Gasteiger partial charge in [0, 0.05) is 0 Å². The highest BCUT2D eigenvalue weighted by atomic mass is 32.2. The van der Waals surface area contributed by atoms with Crippen LogP contribution < -0.4 is 9.44 Å². The van der Waals surface area contributed by atoms with E-state index in [1.165, 1.54) is 0 Å². The first-order valence-corrected chi connectivity index (χ1v) is 17.9. The van der Waals surface area contributed by atoms with Crippen LogP contribution in [0.4, 0.5) is 0 Å². The fourth-order valence-corrected chi connectivity index (χ4v) is 11.2. The van der Waals surface area contributed by atoms with Crippen LogP contribution in [0, 0.1) is 36.5 Å². The van der Waals surface area contributed by atoms with Crippen molar-refractivity contribution in [3.05, 3.63) is 94.0 Å². The molecule has 6 nitrogen and oxygen atoms in total. The Labute approximate surface area is 250 Å². The van der Waals surface area contributed by atoms with Crippen molar-refractivity contribution in [2.24, 2.45) is 22.7 Å². The molecule has 6 aliphatic rings. The van der Waals surface area contributed by atoms with Gasteiger partial charge < -0.3 is 0 Å².